The third-order valence-electron chi connectivity index (χ3n) is 2.68. The van der Waals surface area contributed by atoms with Crippen molar-refractivity contribution in [1.29, 1.82) is 5.41 Å². The molecule has 0 saturated heterocycles. The minimum absolute atomic E-state index is 0.0511. The average Bonchev–Trinajstić information content (AvgIpc) is 2.82. The molecule has 0 saturated carbocycles. The van der Waals surface area contributed by atoms with Crippen molar-refractivity contribution < 1.29 is 4.74 Å². The van der Waals surface area contributed by atoms with Crippen molar-refractivity contribution in [3.05, 3.63) is 44.9 Å². The number of nitrogens with two attached hydrogens (primary N) is 1. The van der Waals surface area contributed by atoms with Gasteiger partial charge in [-0.05, 0) is 18.1 Å². The largest absolute Gasteiger partial charge is 0.485 e. The molecule has 0 fully saturated rings. The summed E-state index contributed by atoms with van der Waals surface area (Å²) in [6.07, 6.45) is 0. The van der Waals surface area contributed by atoms with Gasteiger partial charge < -0.3 is 10.5 Å². The number of hydrogen-bond acceptors (Lipinski definition) is 4. The molecular weight excluding hydrogens is 294 g/mol. The Balaban J connectivity index is 2.16. The highest BCUT2D eigenvalue weighted by Gasteiger charge is 2.16. The minimum atomic E-state index is 0.0511. The number of benzene rings is 1. The number of para-hydroxylation sites is 1. The molecule has 0 atom stereocenters. The van der Waals surface area contributed by atoms with E-state index in [2.05, 4.69) is 4.98 Å². The van der Waals surface area contributed by atoms with Crippen molar-refractivity contribution in [2.45, 2.75) is 26.4 Å². The quantitative estimate of drug-likeness (QED) is 0.652. The first-order valence-electron chi connectivity index (χ1n) is 6.20. The van der Waals surface area contributed by atoms with E-state index in [9.17, 15) is 0 Å². The lowest BCUT2D eigenvalue weighted by Gasteiger charge is -2.05. The molecule has 106 valence electrons. The molecule has 20 heavy (non-hydrogen) atoms. The van der Waals surface area contributed by atoms with E-state index in [4.69, 9.17) is 27.5 Å². The van der Waals surface area contributed by atoms with Gasteiger partial charge in [-0.25, -0.2) is 4.98 Å². The summed E-state index contributed by atoms with van der Waals surface area (Å²) in [6.45, 7) is 4.38. The number of thiazole rings is 1. The Morgan fingerprint density at radius 3 is 2.70 bits per heavy atom. The highest BCUT2D eigenvalue weighted by atomic mass is 35.5. The molecule has 2 rings (SSSR count). The highest BCUT2D eigenvalue weighted by Crippen LogP contribution is 2.28. The van der Waals surface area contributed by atoms with Crippen molar-refractivity contribution >= 4 is 28.8 Å². The fourth-order valence-corrected chi connectivity index (χ4v) is 2.91. The van der Waals surface area contributed by atoms with Gasteiger partial charge in [0.15, 0.2) is 0 Å². The van der Waals surface area contributed by atoms with Crippen LogP contribution in [0.5, 0.6) is 5.75 Å². The van der Waals surface area contributed by atoms with E-state index in [0.29, 0.717) is 17.4 Å². The molecule has 3 N–H and O–H groups in total. The fourth-order valence-electron chi connectivity index (χ4n) is 1.73. The lowest BCUT2D eigenvalue weighted by Crippen LogP contribution is -2.12. The Bertz CT molecular complexity index is 625. The number of halogens is 1. The molecule has 0 aliphatic carbocycles. The molecule has 1 heterocycles. The lowest BCUT2D eigenvalue weighted by molar-refractivity contribution is 0.305. The maximum Gasteiger partial charge on any atom is 0.140 e. The topological polar surface area (TPSA) is 72.0 Å². The van der Waals surface area contributed by atoms with E-state index in [-0.39, 0.29) is 11.8 Å². The minimum Gasteiger partial charge on any atom is -0.485 e. The first-order chi connectivity index (χ1) is 9.49. The molecule has 0 spiro atoms. The van der Waals surface area contributed by atoms with Crippen molar-refractivity contribution in [1.82, 2.24) is 4.98 Å². The number of amidine groups is 1. The number of hydrogen-bond donors (Lipinski definition) is 2. The molecule has 0 aliphatic rings. The molecule has 4 nitrogen and oxygen atoms in total. The molecule has 0 bridgehead atoms. The number of nitrogens with zero attached hydrogens (tertiary/aromatic N) is 1. The van der Waals surface area contributed by atoms with E-state index < -0.39 is 0 Å². The number of rotatable bonds is 5. The summed E-state index contributed by atoms with van der Waals surface area (Å²) in [5.41, 5.74) is 6.44. The van der Waals surface area contributed by atoms with Crippen LogP contribution in [0.3, 0.4) is 0 Å². The SMILES string of the molecule is CC(C)c1nc(COc2ccccc2Cl)sc1C(=N)N. The average molecular weight is 310 g/mol. The molecule has 0 aliphatic heterocycles. The van der Waals surface area contributed by atoms with Gasteiger partial charge in [-0.2, -0.15) is 0 Å². The summed E-state index contributed by atoms with van der Waals surface area (Å²) in [4.78, 5) is 5.23. The van der Waals surface area contributed by atoms with Crippen LogP contribution in [-0.2, 0) is 6.61 Å². The third-order valence-corrected chi connectivity index (χ3v) is 4.07. The van der Waals surface area contributed by atoms with Gasteiger partial charge in [0.1, 0.15) is 23.2 Å². The summed E-state index contributed by atoms with van der Waals surface area (Å²) in [6, 6.07) is 7.30. The fraction of sp³-hybridized carbons (Fsp3) is 0.286. The standard InChI is InChI=1S/C14H16ClN3OS/c1-8(2)12-13(14(16)17)20-11(18-12)7-19-10-6-4-3-5-9(10)15/h3-6,8H,7H2,1-2H3,(H3,16,17). The van der Waals surface area contributed by atoms with Crippen LogP contribution in [0.15, 0.2) is 24.3 Å². The predicted molar refractivity (Wildman–Crippen MR) is 83.0 cm³/mol. The Morgan fingerprint density at radius 2 is 2.15 bits per heavy atom. The predicted octanol–water partition coefficient (Wildman–Crippen LogP) is 3.78. The van der Waals surface area contributed by atoms with Gasteiger partial charge in [0, 0.05) is 0 Å². The third kappa shape index (κ3) is 3.29. The second-order valence-corrected chi connectivity index (χ2v) is 6.10. The number of ether oxygens (including phenoxy) is 1. The van der Waals surface area contributed by atoms with Gasteiger partial charge in [-0.1, -0.05) is 37.6 Å². The van der Waals surface area contributed by atoms with Gasteiger partial charge in [-0.3, -0.25) is 5.41 Å². The van der Waals surface area contributed by atoms with Gasteiger partial charge >= 0.3 is 0 Å². The van der Waals surface area contributed by atoms with Crippen LogP contribution < -0.4 is 10.5 Å². The van der Waals surface area contributed by atoms with Crippen LogP contribution in [0.2, 0.25) is 5.02 Å². The lowest BCUT2D eigenvalue weighted by atomic mass is 10.1. The molecule has 2 aromatic rings. The summed E-state index contributed by atoms with van der Waals surface area (Å²) >= 11 is 7.42. The van der Waals surface area contributed by atoms with Gasteiger partial charge in [-0.15, -0.1) is 11.3 Å². The molecule has 0 amide bonds. The van der Waals surface area contributed by atoms with Crippen molar-refractivity contribution in [3.8, 4) is 5.75 Å². The molecule has 0 unspecified atom stereocenters. The second-order valence-electron chi connectivity index (χ2n) is 4.61. The monoisotopic (exact) mass is 309 g/mol. The van der Waals surface area contributed by atoms with Gasteiger partial charge in [0.25, 0.3) is 0 Å². The number of aromatic nitrogens is 1. The van der Waals surface area contributed by atoms with Crippen LogP contribution >= 0.6 is 22.9 Å². The van der Waals surface area contributed by atoms with Crippen LogP contribution in [0, 0.1) is 5.41 Å². The summed E-state index contributed by atoms with van der Waals surface area (Å²) in [7, 11) is 0. The Morgan fingerprint density at radius 1 is 1.45 bits per heavy atom. The maximum absolute atomic E-state index is 7.60. The maximum atomic E-state index is 7.60. The smallest absolute Gasteiger partial charge is 0.140 e. The first kappa shape index (κ1) is 14.8. The zero-order valence-corrected chi connectivity index (χ0v) is 12.9. The van der Waals surface area contributed by atoms with Crippen LogP contribution in [0.1, 0.15) is 35.3 Å². The van der Waals surface area contributed by atoms with E-state index >= 15 is 0 Å². The summed E-state index contributed by atoms with van der Waals surface area (Å²) in [5, 5.41) is 8.96. The van der Waals surface area contributed by atoms with E-state index in [1.165, 1.54) is 11.3 Å². The molecular formula is C14H16ClN3OS. The Kier molecular flexibility index (Phi) is 4.62. The van der Waals surface area contributed by atoms with Crippen LogP contribution in [0.4, 0.5) is 0 Å². The van der Waals surface area contributed by atoms with Crippen molar-refractivity contribution in [2.24, 2.45) is 5.73 Å². The van der Waals surface area contributed by atoms with E-state index in [0.717, 1.165) is 15.6 Å². The van der Waals surface area contributed by atoms with Crippen molar-refractivity contribution in [2.75, 3.05) is 0 Å². The number of nitrogens with one attached hydrogen (secondary N) is 1. The Labute approximate surface area is 127 Å². The second kappa shape index (κ2) is 6.24. The summed E-state index contributed by atoms with van der Waals surface area (Å²) < 4.78 is 5.66. The molecule has 1 aromatic heterocycles. The van der Waals surface area contributed by atoms with Crippen molar-refractivity contribution in [3.63, 3.8) is 0 Å². The van der Waals surface area contributed by atoms with Crippen LogP contribution in [0.25, 0.3) is 0 Å². The van der Waals surface area contributed by atoms with Gasteiger partial charge in [0.05, 0.1) is 15.6 Å². The highest BCUT2D eigenvalue weighted by molar-refractivity contribution is 7.13. The summed E-state index contributed by atoms with van der Waals surface area (Å²) in [5.74, 6) is 0.897. The first-order valence-corrected chi connectivity index (χ1v) is 7.39. The van der Waals surface area contributed by atoms with Crippen LogP contribution in [-0.4, -0.2) is 10.8 Å². The normalized spacial score (nSPS) is 10.8. The molecule has 0 radical (unpaired) electrons. The zero-order chi connectivity index (χ0) is 14.7. The van der Waals surface area contributed by atoms with Gasteiger partial charge in [0.2, 0.25) is 0 Å². The van der Waals surface area contributed by atoms with E-state index in [1.807, 2.05) is 32.0 Å². The Hall–Kier alpha value is -1.59. The molecule has 6 heteroatoms. The number of nitrogen functional groups attached to an aromatic ring is 1. The van der Waals surface area contributed by atoms with E-state index in [1.54, 1.807) is 6.07 Å². The molecule has 1 aromatic carbocycles. The zero-order valence-electron chi connectivity index (χ0n) is 11.3.